The van der Waals surface area contributed by atoms with Gasteiger partial charge in [-0.1, -0.05) is 0 Å². The van der Waals surface area contributed by atoms with Crippen molar-refractivity contribution in [1.82, 2.24) is 9.62 Å². The SMILES string of the molecule is CN1C2(CCC2)COCC1(CO)CNS(=O)(=O)C1COC1. The molecule has 3 fully saturated rings. The Labute approximate surface area is 125 Å². The number of rotatable bonds is 5. The molecule has 8 heteroatoms. The van der Waals surface area contributed by atoms with Crippen LogP contribution in [-0.4, -0.2) is 81.4 Å². The summed E-state index contributed by atoms with van der Waals surface area (Å²) in [6.45, 7) is 1.53. The van der Waals surface area contributed by atoms with Crippen LogP contribution in [-0.2, 0) is 19.5 Å². The van der Waals surface area contributed by atoms with Crippen molar-refractivity contribution in [2.45, 2.75) is 35.6 Å². The number of aliphatic hydroxyl groups is 1. The van der Waals surface area contributed by atoms with Crippen LogP contribution in [0.1, 0.15) is 19.3 Å². The van der Waals surface area contributed by atoms with Crippen molar-refractivity contribution in [3.8, 4) is 0 Å². The van der Waals surface area contributed by atoms with Crippen LogP contribution in [0.2, 0.25) is 0 Å². The quantitative estimate of drug-likeness (QED) is 0.670. The van der Waals surface area contributed by atoms with Crippen LogP contribution in [0.15, 0.2) is 0 Å². The molecule has 21 heavy (non-hydrogen) atoms. The molecule has 2 aliphatic heterocycles. The molecule has 1 saturated carbocycles. The third kappa shape index (κ3) is 2.51. The number of hydrogen-bond acceptors (Lipinski definition) is 6. The first-order valence-corrected chi connectivity index (χ1v) is 8.98. The first-order chi connectivity index (χ1) is 9.94. The summed E-state index contributed by atoms with van der Waals surface area (Å²) >= 11 is 0. The van der Waals surface area contributed by atoms with Crippen LogP contribution in [0, 0.1) is 0 Å². The van der Waals surface area contributed by atoms with Gasteiger partial charge in [0, 0.05) is 12.1 Å². The molecule has 1 unspecified atom stereocenters. The fourth-order valence-corrected chi connectivity index (χ4v) is 4.57. The van der Waals surface area contributed by atoms with Crippen molar-refractivity contribution in [2.75, 3.05) is 46.6 Å². The number of likely N-dealkylation sites (N-methyl/N-ethyl adjacent to an activating group) is 1. The van der Waals surface area contributed by atoms with E-state index >= 15 is 0 Å². The number of ether oxygens (including phenoxy) is 2. The first-order valence-electron chi connectivity index (χ1n) is 7.43. The van der Waals surface area contributed by atoms with Crippen molar-refractivity contribution >= 4 is 10.0 Å². The predicted octanol–water partition coefficient (Wildman–Crippen LogP) is -1.08. The minimum absolute atomic E-state index is 0.0357. The molecular weight excluding hydrogens is 296 g/mol. The summed E-state index contributed by atoms with van der Waals surface area (Å²) in [4.78, 5) is 2.15. The van der Waals surface area contributed by atoms with Gasteiger partial charge in [-0.3, -0.25) is 4.90 Å². The molecule has 0 radical (unpaired) electrons. The van der Waals surface area contributed by atoms with E-state index in [2.05, 4.69) is 9.62 Å². The summed E-state index contributed by atoms with van der Waals surface area (Å²) in [5, 5.41) is 9.42. The molecular formula is C13H24N2O5S. The molecule has 1 spiro atoms. The van der Waals surface area contributed by atoms with Gasteiger partial charge in [-0.25, -0.2) is 13.1 Å². The lowest BCUT2D eigenvalue weighted by Crippen LogP contribution is -2.73. The van der Waals surface area contributed by atoms with Gasteiger partial charge in [0.2, 0.25) is 10.0 Å². The van der Waals surface area contributed by atoms with Gasteiger partial charge >= 0.3 is 0 Å². The van der Waals surface area contributed by atoms with Gasteiger partial charge in [-0.15, -0.1) is 0 Å². The van der Waals surface area contributed by atoms with Crippen LogP contribution in [0.25, 0.3) is 0 Å². The Morgan fingerprint density at radius 2 is 2.00 bits per heavy atom. The Morgan fingerprint density at radius 1 is 1.29 bits per heavy atom. The molecule has 0 aromatic rings. The van der Waals surface area contributed by atoms with E-state index in [1.54, 1.807) is 0 Å². The van der Waals surface area contributed by atoms with E-state index < -0.39 is 20.8 Å². The van der Waals surface area contributed by atoms with Gasteiger partial charge in [-0.05, 0) is 26.3 Å². The van der Waals surface area contributed by atoms with Gasteiger partial charge in [0.1, 0.15) is 5.25 Å². The summed E-state index contributed by atoms with van der Waals surface area (Å²) in [5.74, 6) is 0. The summed E-state index contributed by atoms with van der Waals surface area (Å²) in [5.41, 5.74) is -0.720. The van der Waals surface area contributed by atoms with Crippen LogP contribution < -0.4 is 4.72 Å². The maximum Gasteiger partial charge on any atom is 0.219 e. The van der Waals surface area contributed by atoms with Gasteiger partial charge in [0.15, 0.2) is 0 Å². The zero-order valence-electron chi connectivity index (χ0n) is 12.4. The highest BCUT2D eigenvalue weighted by Crippen LogP contribution is 2.43. The second-order valence-electron chi connectivity index (χ2n) is 6.54. The highest BCUT2D eigenvalue weighted by atomic mass is 32.2. The zero-order valence-corrected chi connectivity index (χ0v) is 13.2. The van der Waals surface area contributed by atoms with Crippen LogP contribution in [0.4, 0.5) is 0 Å². The maximum absolute atomic E-state index is 12.1. The van der Waals surface area contributed by atoms with Crippen molar-refractivity contribution < 1.29 is 23.0 Å². The molecule has 0 amide bonds. The molecule has 2 heterocycles. The van der Waals surface area contributed by atoms with Gasteiger partial charge < -0.3 is 14.6 Å². The topological polar surface area (TPSA) is 88.1 Å². The summed E-state index contributed by atoms with van der Waals surface area (Å²) in [7, 11) is -1.42. The van der Waals surface area contributed by atoms with E-state index in [0.29, 0.717) is 13.2 Å². The Hall–Kier alpha value is -0.250. The highest BCUT2D eigenvalue weighted by Gasteiger charge is 2.53. The molecule has 2 saturated heterocycles. The Bertz CT molecular complexity index is 489. The summed E-state index contributed by atoms with van der Waals surface area (Å²) < 4.78 is 37.6. The Kier molecular flexibility index (Phi) is 4.05. The number of morpholine rings is 1. The number of nitrogens with one attached hydrogen (secondary N) is 1. The average molecular weight is 320 g/mol. The third-order valence-electron chi connectivity index (χ3n) is 5.39. The van der Waals surface area contributed by atoms with Crippen molar-refractivity contribution in [2.24, 2.45) is 0 Å². The molecule has 7 nitrogen and oxygen atoms in total. The zero-order chi connectivity index (χ0) is 15.1. The highest BCUT2D eigenvalue weighted by molar-refractivity contribution is 7.90. The fraction of sp³-hybridized carbons (Fsp3) is 1.00. The monoisotopic (exact) mass is 320 g/mol. The lowest BCUT2D eigenvalue weighted by molar-refractivity contribution is -0.178. The van der Waals surface area contributed by atoms with Gasteiger partial charge in [-0.2, -0.15) is 0 Å². The molecule has 3 aliphatic rings. The maximum atomic E-state index is 12.1. The van der Waals surface area contributed by atoms with Crippen molar-refractivity contribution in [1.29, 1.82) is 0 Å². The van der Waals surface area contributed by atoms with E-state index in [4.69, 9.17) is 9.47 Å². The average Bonchev–Trinajstić information content (AvgIpc) is 2.33. The van der Waals surface area contributed by atoms with Crippen LogP contribution >= 0.6 is 0 Å². The summed E-state index contributed by atoms with van der Waals surface area (Å²) in [6, 6.07) is 0. The largest absolute Gasteiger partial charge is 0.394 e. The summed E-state index contributed by atoms with van der Waals surface area (Å²) in [6.07, 6.45) is 3.23. The van der Waals surface area contributed by atoms with Crippen molar-refractivity contribution in [3.05, 3.63) is 0 Å². The molecule has 0 aromatic carbocycles. The molecule has 0 aromatic heterocycles. The minimum Gasteiger partial charge on any atom is -0.394 e. The van der Waals surface area contributed by atoms with E-state index in [1.807, 2.05) is 7.05 Å². The van der Waals surface area contributed by atoms with Gasteiger partial charge in [0.25, 0.3) is 0 Å². The number of hydrogen-bond donors (Lipinski definition) is 2. The molecule has 0 bridgehead atoms. The second-order valence-corrected chi connectivity index (χ2v) is 8.58. The van der Waals surface area contributed by atoms with Crippen LogP contribution in [0.3, 0.4) is 0 Å². The molecule has 1 atom stereocenters. The smallest absolute Gasteiger partial charge is 0.219 e. The van der Waals surface area contributed by atoms with E-state index in [-0.39, 0.29) is 31.9 Å². The lowest BCUT2D eigenvalue weighted by Gasteiger charge is -2.59. The first kappa shape index (κ1) is 15.6. The number of aliphatic hydroxyl groups excluding tert-OH is 1. The third-order valence-corrected chi connectivity index (χ3v) is 7.09. The molecule has 122 valence electrons. The Balaban J connectivity index is 1.71. The predicted molar refractivity (Wildman–Crippen MR) is 76.5 cm³/mol. The Morgan fingerprint density at radius 3 is 2.48 bits per heavy atom. The lowest BCUT2D eigenvalue weighted by atomic mass is 9.72. The van der Waals surface area contributed by atoms with Crippen molar-refractivity contribution in [3.63, 3.8) is 0 Å². The number of sulfonamides is 1. The standard InChI is InChI=1S/C13H24N2O5S/c1-15-12(3-2-4-12)9-20-10-13(15,8-16)7-14-21(17,18)11-5-19-6-11/h11,14,16H,2-10H2,1H3. The molecule has 3 rings (SSSR count). The second kappa shape index (κ2) is 5.43. The van der Waals surface area contributed by atoms with E-state index in [9.17, 15) is 13.5 Å². The van der Waals surface area contributed by atoms with Crippen LogP contribution in [0.5, 0.6) is 0 Å². The number of nitrogens with zero attached hydrogens (tertiary/aromatic N) is 1. The van der Waals surface area contributed by atoms with E-state index in [0.717, 1.165) is 19.3 Å². The normalized spacial score (nSPS) is 33.6. The molecule has 1 aliphatic carbocycles. The van der Waals surface area contributed by atoms with E-state index in [1.165, 1.54) is 0 Å². The molecule has 2 N–H and O–H groups in total. The minimum atomic E-state index is -3.39. The fourth-order valence-electron chi connectivity index (χ4n) is 3.32. The van der Waals surface area contributed by atoms with Gasteiger partial charge in [0.05, 0.1) is 38.6 Å².